The molecule has 0 aromatic rings. The zero-order valence-electron chi connectivity index (χ0n) is 17.7. The Bertz CT molecular complexity index is 226. The van der Waals surface area contributed by atoms with E-state index in [0.29, 0.717) is 6.61 Å². The minimum Gasteiger partial charge on any atom is -1.00 e. The lowest BCUT2D eigenvalue weighted by Gasteiger charge is -2.39. The molecule has 0 rings (SSSR count). The lowest BCUT2D eigenvalue weighted by molar-refractivity contribution is -0.929. The first-order valence-corrected chi connectivity index (χ1v) is 11.2. The van der Waals surface area contributed by atoms with Crippen LogP contribution in [0.5, 0.6) is 0 Å². The molecule has 0 radical (unpaired) electrons. The predicted octanol–water partition coefficient (Wildman–Crippen LogP) is 3.32. The summed E-state index contributed by atoms with van der Waals surface area (Å²) >= 11 is 0. The summed E-state index contributed by atoms with van der Waals surface area (Å²) in [6.45, 7) is 13.0. The topological polar surface area (TPSA) is 20.2 Å². The van der Waals surface area contributed by atoms with Gasteiger partial charge in [0, 0.05) is 6.61 Å². The van der Waals surface area contributed by atoms with E-state index in [1.54, 1.807) is 0 Å². The molecule has 154 valence electrons. The van der Waals surface area contributed by atoms with E-state index in [1.807, 2.05) is 0 Å². The first kappa shape index (κ1) is 27.6. The Morgan fingerprint density at radius 3 is 1.16 bits per heavy atom. The summed E-state index contributed by atoms with van der Waals surface area (Å²) in [5, 5.41) is 8.80. The van der Waals surface area contributed by atoms with Gasteiger partial charge in [0.15, 0.2) is 0 Å². The fourth-order valence-corrected chi connectivity index (χ4v) is 3.77. The number of quaternary nitrogens is 1. The maximum absolute atomic E-state index is 8.80. The zero-order valence-corrected chi connectivity index (χ0v) is 19.3. The van der Waals surface area contributed by atoms with Crippen molar-refractivity contribution in [3.63, 3.8) is 0 Å². The molecule has 25 heavy (non-hydrogen) atoms. The molecule has 0 atom stereocenters. The predicted molar refractivity (Wildman–Crippen MR) is 108 cm³/mol. The lowest BCUT2D eigenvalue weighted by atomic mass is 10.1. The molecule has 0 saturated carbocycles. The second kappa shape index (κ2) is 20.7. The van der Waals surface area contributed by atoms with Crippen molar-refractivity contribution in [2.24, 2.45) is 0 Å². The minimum atomic E-state index is 0. The number of rotatable bonds is 19. The molecule has 0 bridgehead atoms. The number of nitrogens with zero attached hydrogens (tertiary/aromatic N) is 1. The highest BCUT2D eigenvalue weighted by atomic mass is 79.9. The monoisotopic (exact) mass is 421 g/mol. The van der Waals surface area contributed by atoms with E-state index in [1.165, 1.54) is 114 Å². The molecule has 0 unspecified atom stereocenters. The van der Waals surface area contributed by atoms with Gasteiger partial charge in [0.2, 0.25) is 0 Å². The number of unbranched alkanes of at least 4 members (excludes halogenated alkanes) is 10. The lowest BCUT2D eigenvalue weighted by Crippen LogP contribution is -3.00. The summed E-state index contributed by atoms with van der Waals surface area (Å²) in [6, 6.07) is 0. The molecule has 0 aromatic carbocycles. The molecule has 0 aliphatic rings. The molecular weight excluding hydrogens is 374 g/mol. The third-order valence-corrected chi connectivity index (χ3v) is 5.50. The van der Waals surface area contributed by atoms with Gasteiger partial charge >= 0.3 is 0 Å². The second-order valence-electron chi connectivity index (χ2n) is 7.85. The van der Waals surface area contributed by atoms with Crippen LogP contribution in [0, 0.1) is 0 Å². The van der Waals surface area contributed by atoms with Crippen LogP contribution < -0.4 is 17.0 Å². The molecule has 0 saturated heterocycles. The highest BCUT2D eigenvalue weighted by Crippen LogP contribution is 2.18. The Morgan fingerprint density at radius 2 is 0.800 bits per heavy atom. The number of hydrogen-bond donors (Lipinski definition) is 1. The van der Waals surface area contributed by atoms with Crippen molar-refractivity contribution < 1.29 is 26.6 Å². The quantitative estimate of drug-likeness (QED) is 0.250. The first-order valence-electron chi connectivity index (χ1n) is 11.2. The molecule has 0 amide bonds. The van der Waals surface area contributed by atoms with Crippen LogP contribution in [0.4, 0.5) is 0 Å². The van der Waals surface area contributed by atoms with Crippen molar-refractivity contribution in [3.8, 4) is 0 Å². The average Bonchev–Trinajstić information content (AvgIpc) is 2.61. The van der Waals surface area contributed by atoms with Gasteiger partial charge in [-0.15, -0.1) is 0 Å². The summed E-state index contributed by atoms with van der Waals surface area (Å²) in [5.41, 5.74) is 0. The molecule has 0 heterocycles. The normalized spacial score (nSPS) is 11.5. The fourth-order valence-electron chi connectivity index (χ4n) is 3.77. The van der Waals surface area contributed by atoms with Gasteiger partial charge in [0.25, 0.3) is 0 Å². The van der Waals surface area contributed by atoms with Gasteiger partial charge < -0.3 is 26.6 Å². The second-order valence-corrected chi connectivity index (χ2v) is 7.85. The van der Waals surface area contributed by atoms with Crippen LogP contribution in [-0.2, 0) is 0 Å². The van der Waals surface area contributed by atoms with Crippen LogP contribution in [0.25, 0.3) is 0 Å². The van der Waals surface area contributed by atoms with Gasteiger partial charge in [-0.25, -0.2) is 0 Å². The maximum Gasteiger partial charge on any atom is 0.0786 e. The van der Waals surface area contributed by atoms with Crippen LogP contribution in [0.1, 0.15) is 111 Å². The van der Waals surface area contributed by atoms with E-state index in [2.05, 4.69) is 20.8 Å². The van der Waals surface area contributed by atoms with Crippen LogP contribution >= 0.6 is 0 Å². The molecule has 0 fully saturated rings. The molecular formula is C22H48BrNO. The van der Waals surface area contributed by atoms with Gasteiger partial charge in [-0.1, -0.05) is 72.1 Å². The number of hydrogen-bond acceptors (Lipinski definition) is 1. The minimum absolute atomic E-state index is 0. The van der Waals surface area contributed by atoms with Crippen molar-refractivity contribution in [3.05, 3.63) is 0 Å². The van der Waals surface area contributed by atoms with Crippen LogP contribution in [0.2, 0.25) is 0 Å². The summed E-state index contributed by atoms with van der Waals surface area (Å²) in [6.07, 6.45) is 18.7. The van der Waals surface area contributed by atoms with Crippen LogP contribution in [0.15, 0.2) is 0 Å². The SMILES string of the molecule is CCCC[N+](CCCC)(CCCC)CCCCCCCCCCO.[Br-]. The van der Waals surface area contributed by atoms with Crippen LogP contribution in [0.3, 0.4) is 0 Å². The average molecular weight is 423 g/mol. The molecule has 1 N–H and O–H groups in total. The third-order valence-electron chi connectivity index (χ3n) is 5.50. The molecule has 0 aromatic heterocycles. The largest absolute Gasteiger partial charge is 1.00 e. The third kappa shape index (κ3) is 16.3. The van der Waals surface area contributed by atoms with Crippen LogP contribution in [-0.4, -0.2) is 42.4 Å². The summed E-state index contributed by atoms with van der Waals surface area (Å²) in [5.74, 6) is 0. The fraction of sp³-hybridized carbons (Fsp3) is 1.00. The van der Waals surface area contributed by atoms with E-state index in [0.717, 1.165) is 6.42 Å². The Balaban J connectivity index is 0. The summed E-state index contributed by atoms with van der Waals surface area (Å²) in [7, 11) is 0. The van der Waals surface area contributed by atoms with E-state index < -0.39 is 0 Å². The Hall–Kier alpha value is 0.400. The Kier molecular flexibility index (Phi) is 22.9. The van der Waals surface area contributed by atoms with Gasteiger partial charge in [0.1, 0.15) is 0 Å². The number of aliphatic hydroxyl groups excluding tert-OH is 1. The summed E-state index contributed by atoms with van der Waals surface area (Å²) < 4.78 is 1.41. The molecule has 0 spiro atoms. The van der Waals surface area contributed by atoms with Crippen molar-refractivity contribution >= 4 is 0 Å². The van der Waals surface area contributed by atoms with Gasteiger partial charge in [-0.2, -0.15) is 0 Å². The van der Waals surface area contributed by atoms with E-state index in [4.69, 9.17) is 5.11 Å². The molecule has 3 heteroatoms. The highest BCUT2D eigenvalue weighted by molar-refractivity contribution is 4.52. The molecule has 0 aliphatic heterocycles. The maximum atomic E-state index is 8.80. The Labute approximate surface area is 170 Å². The standard InChI is InChI=1S/C22H48NO.BrH/c1-4-7-18-23(19-8-5-2,20-9-6-3)21-16-14-12-10-11-13-15-17-22-24;/h24H,4-22H2,1-3H3;1H/q+1;/p-1. The number of aliphatic hydroxyl groups is 1. The molecule has 0 aliphatic carbocycles. The zero-order chi connectivity index (χ0) is 17.9. The van der Waals surface area contributed by atoms with Gasteiger partial charge in [-0.3, -0.25) is 0 Å². The highest BCUT2D eigenvalue weighted by Gasteiger charge is 2.24. The van der Waals surface area contributed by atoms with E-state index in [9.17, 15) is 0 Å². The van der Waals surface area contributed by atoms with Gasteiger partial charge in [0.05, 0.1) is 26.2 Å². The van der Waals surface area contributed by atoms with Crippen molar-refractivity contribution in [1.29, 1.82) is 0 Å². The van der Waals surface area contributed by atoms with Crippen molar-refractivity contribution in [2.75, 3.05) is 32.8 Å². The van der Waals surface area contributed by atoms with Gasteiger partial charge in [-0.05, 0) is 38.5 Å². The summed E-state index contributed by atoms with van der Waals surface area (Å²) in [4.78, 5) is 0. The van der Waals surface area contributed by atoms with E-state index in [-0.39, 0.29) is 17.0 Å². The van der Waals surface area contributed by atoms with E-state index >= 15 is 0 Å². The first-order chi connectivity index (χ1) is 11.7. The smallest absolute Gasteiger partial charge is 0.0786 e. The number of halogens is 1. The molecule has 2 nitrogen and oxygen atoms in total. The van der Waals surface area contributed by atoms with Crippen molar-refractivity contribution in [1.82, 2.24) is 0 Å². The van der Waals surface area contributed by atoms with Crippen molar-refractivity contribution in [2.45, 2.75) is 111 Å². The Morgan fingerprint density at radius 1 is 0.480 bits per heavy atom.